The molecule has 1 unspecified atom stereocenters. The molecular weight excluding hydrogens is 262 g/mol. The number of amides is 1. The molecule has 5 nitrogen and oxygen atoms in total. The van der Waals surface area contributed by atoms with Gasteiger partial charge in [-0.15, -0.1) is 11.3 Å². The van der Waals surface area contributed by atoms with E-state index in [1.807, 2.05) is 0 Å². The van der Waals surface area contributed by atoms with E-state index in [0.29, 0.717) is 6.54 Å². The Morgan fingerprint density at radius 1 is 1.53 bits per heavy atom. The van der Waals surface area contributed by atoms with E-state index in [1.54, 1.807) is 11.3 Å². The first kappa shape index (κ1) is 14.4. The minimum absolute atomic E-state index is 0.164. The van der Waals surface area contributed by atoms with Crippen LogP contribution in [-0.4, -0.2) is 37.2 Å². The molecule has 0 radical (unpaired) electrons. The van der Waals surface area contributed by atoms with Gasteiger partial charge in [-0.05, 0) is 25.7 Å². The molecule has 0 fully saturated rings. The van der Waals surface area contributed by atoms with Crippen molar-refractivity contribution in [1.82, 2.24) is 10.3 Å². The monoisotopic (exact) mass is 283 g/mol. The van der Waals surface area contributed by atoms with Crippen molar-refractivity contribution >= 4 is 17.2 Å². The van der Waals surface area contributed by atoms with Crippen molar-refractivity contribution in [3.63, 3.8) is 0 Å². The lowest BCUT2D eigenvalue weighted by molar-refractivity contribution is -0.123. The van der Waals surface area contributed by atoms with E-state index < -0.39 is 6.04 Å². The molecule has 0 spiro atoms. The molecule has 0 saturated heterocycles. The van der Waals surface area contributed by atoms with Gasteiger partial charge in [0, 0.05) is 25.0 Å². The van der Waals surface area contributed by atoms with Gasteiger partial charge < -0.3 is 15.8 Å². The van der Waals surface area contributed by atoms with Crippen molar-refractivity contribution in [3.8, 4) is 0 Å². The highest BCUT2D eigenvalue weighted by Gasteiger charge is 2.16. The van der Waals surface area contributed by atoms with Crippen LogP contribution in [0.5, 0.6) is 0 Å². The molecule has 0 aliphatic heterocycles. The van der Waals surface area contributed by atoms with Gasteiger partial charge >= 0.3 is 0 Å². The lowest BCUT2D eigenvalue weighted by Crippen LogP contribution is -2.44. The van der Waals surface area contributed by atoms with Gasteiger partial charge in [0.1, 0.15) is 6.04 Å². The van der Waals surface area contributed by atoms with Crippen LogP contribution in [0.25, 0.3) is 0 Å². The molecule has 1 atom stereocenters. The molecule has 1 aromatic rings. The molecule has 19 heavy (non-hydrogen) atoms. The van der Waals surface area contributed by atoms with E-state index in [4.69, 9.17) is 10.5 Å². The summed E-state index contributed by atoms with van der Waals surface area (Å²) in [4.78, 5) is 17.7. The molecule has 6 heteroatoms. The van der Waals surface area contributed by atoms with E-state index in [1.165, 1.54) is 30.5 Å². The van der Waals surface area contributed by atoms with Crippen LogP contribution in [0, 0.1) is 0 Å². The highest BCUT2D eigenvalue weighted by atomic mass is 32.1. The third-order valence-corrected chi connectivity index (χ3v) is 4.43. The Bertz CT molecular complexity index is 410. The van der Waals surface area contributed by atoms with E-state index in [0.717, 1.165) is 24.3 Å². The number of fused-ring (bicyclic) bond motifs is 1. The lowest BCUT2D eigenvalue weighted by atomic mass is 10.0. The molecule has 1 aromatic heterocycles. The van der Waals surface area contributed by atoms with Crippen molar-refractivity contribution < 1.29 is 9.53 Å². The number of nitrogens with zero attached hydrogens (tertiary/aromatic N) is 1. The molecule has 0 saturated carbocycles. The van der Waals surface area contributed by atoms with Gasteiger partial charge in [0.25, 0.3) is 0 Å². The Morgan fingerprint density at radius 3 is 3.05 bits per heavy atom. The molecule has 3 N–H and O–H groups in total. The van der Waals surface area contributed by atoms with Crippen LogP contribution in [0.2, 0.25) is 0 Å². The number of thiazole rings is 1. The fourth-order valence-electron chi connectivity index (χ4n) is 2.19. The molecular formula is C13H21N3O2S. The van der Waals surface area contributed by atoms with E-state index >= 15 is 0 Å². The number of rotatable bonds is 6. The Labute approximate surface area is 117 Å². The maximum absolute atomic E-state index is 11.6. The highest BCUT2D eigenvalue weighted by molar-refractivity contribution is 7.11. The number of nitrogens with one attached hydrogen (secondary N) is 1. The lowest BCUT2D eigenvalue weighted by Gasteiger charge is -2.10. The van der Waals surface area contributed by atoms with E-state index in [-0.39, 0.29) is 12.5 Å². The van der Waals surface area contributed by atoms with Crippen LogP contribution >= 0.6 is 11.3 Å². The second-order valence-electron chi connectivity index (χ2n) is 4.79. The first-order chi connectivity index (χ1) is 9.20. The largest absolute Gasteiger partial charge is 0.383 e. The van der Waals surface area contributed by atoms with Crippen LogP contribution < -0.4 is 11.1 Å². The van der Waals surface area contributed by atoms with Gasteiger partial charge in [-0.1, -0.05) is 0 Å². The van der Waals surface area contributed by atoms with Gasteiger partial charge in [-0.25, -0.2) is 4.98 Å². The predicted molar refractivity (Wildman–Crippen MR) is 75.3 cm³/mol. The summed E-state index contributed by atoms with van der Waals surface area (Å²) < 4.78 is 4.85. The zero-order valence-electron chi connectivity index (χ0n) is 11.3. The first-order valence-corrected chi connectivity index (χ1v) is 7.52. The Balaban J connectivity index is 1.76. The smallest absolute Gasteiger partial charge is 0.239 e. The minimum Gasteiger partial charge on any atom is -0.383 e. The maximum atomic E-state index is 11.6. The third-order valence-electron chi connectivity index (χ3n) is 3.21. The number of methoxy groups -OCH3 is 1. The summed E-state index contributed by atoms with van der Waals surface area (Å²) in [6.07, 6.45) is 5.58. The third kappa shape index (κ3) is 3.99. The number of hydrogen-bond donors (Lipinski definition) is 2. The normalized spacial score (nSPS) is 15.9. The average molecular weight is 283 g/mol. The SMILES string of the molecule is COCC(N)C(=O)NCCc1nc2c(s1)CCCC2. The molecule has 0 bridgehead atoms. The molecule has 1 aliphatic carbocycles. The van der Waals surface area contributed by atoms with Gasteiger partial charge in [-0.2, -0.15) is 0 Å². The molecule has 0 aromatic carbocycles. The van der Waals surface area contributed by atoms with Crippen molar-refractivity contribution in [3.05, 3.63) is 15.6 Å². The first-order valence-electron chi connectivity index (χ1n) is 6.70. The van der Waals surface area contributed by atoms with Crippen molar-refractivity contribution in [2.24, 2.45) is 5.73 Å². The van der Waals surface area contributed by atoms with Crippen LogP contribution in [0.1, 0.15) is 28.4 Å². The number of aryl methyl sites for hydroxylation is 2. The van der Waals surface area contributed by atoms with Crippen LogP contribution in [-0.2, 0) is 28.8 Å². The fourth-order valence-corrected chi connectivity index (χ4v) is 3.35. The molecule has 1 amide bonds. The Hall–Kier alpha value is -0.980. The number of aromatic nitrogens is 1. The minimum atomic E-state index is -0.588. The summed E-state index contributed by atoms with van der Waals surface area (Å²) in [5.41, 5.74) is 6.91. The summed E-state index contributed by atoms with van der Waals surface area (Å²) in [6, 6.07) is -0.588. The second-order valence-corrected chi connectivity index (χ2v) is 5.96. The molecule has 106 valence electrons. The zero-order valence-corrected chi connectivity index (χ0v) is 12.1. The quantitative estimate of drug-likeness (QED) is 0.804. The highest BCUT2D eigenvalue weighted by Crippen LogP contribution is 2.26. The standard InChI is InChI=1S/C13H21N3O2S/c1-18-8-9(14)13(17)15-7-6-12-16-10-4-2-3-5-11(10)19-12/h9H,2-8,14H2,1H3,(H,15,17). The van der Waals surface area contributed by atoms with Gasteiger partial charge in [-0.3, -0.25) is 4.79 Å². The summed E-state index contributed by atoms with van der Waals surface area (Å²) in [7, 11) is 1.53. The number of carbonyl (C=O) groups excluding carboxylic acids is 1. The van der Waals surface area contributed by atoms with E-state index in [2.05, 4.69) is 10.3 Å². The predicted octanol–water partition coefficient (Wildman–Crippen LogP) is 0.654. The fraction of sp³-hybridized carbons (Fsp3) is 0.692. The summed E-state index contributed by atoms with van der Waals surface area (Å²) in [5, 5.41) is 3.94. The Morgan fingerprint density at radius 2 is 2.32 bits per heavy atom. The zero-order chi connectivity index (χ0) is 13.7. The summed E-state index contributed by atoms with van der Waals surface area (Å²) >= 11 is 1.79. The van der Waals surface area contributed by atoms with Crippen molar-refractivity contribution in [1.29, 1.82) is 0 Å². The van der Waals surface area contributed by atoms with Crippen LogP contribution in [0.15, 0.2) is 0 Å². The van der Waals surface area contributed by atoms with Gasteiger partial charge in [0.2, 0.25) is 5.91 Å². The summed E-state index contributed by atoms with van der Waals surface area (Å²) in [5.74, 6) is -0.164. The van der Waals surface area contributed by atoms with Crippen LogP contribution in [0.4, 0.5) is 0 Å². The van der Waals surface area contributed by atoms with Crippen LogP contribution in [0.3, 0.4) is 0 Å². The van der Waals surface area contributed by atoms with Gasteiger partial charge in [0.05, 0.1) is 17.3 Å². The number of nitrogens with two attached hydrogens (primary N) is 1. The topological polar surface area (TPSA) is 77.2 Å². The van der Waals surface area contributed by atoms with Gasteiger partial charge in [0.15, 0.2) is 0 Å². The van der Waals surface area contributed by atoms with Crippen molar-refractivity contribution in [2.45, 2.75) is 38.1 Å². The number of ether oxygens (including phenoxy) is 1. The summed E-state index contributed by atoms with van der Waals surface area (Å²) in [6.45, 7) is 0.833. The Kier molecular flexibility index (Phi) is 5.30. The van der Waals surface area contributed by atoms with E-state index in [9.17, 15) is 4.79 Å². The molecule has 1 aliphatic rings. The number of hydrogen-bond acceptors (Lipinski definition) is 5. The molecule has 2 rings (SSSR count). The van der Waals surface area contributed by atoms with Crippen molar-refractivity contribution in [2.75, 3.05) is 20.3 Å². The molecule has 1 heterocycles. The number of carbonyl (C=O) groups is 1. The maximum Gasteiger partial charge on any atom is 0.239 e. The second kappa shape index (κ2) is 6.98. The average Bonchev–Trinajstić information content (AvgIpc) is 2.81.